The van der Waals surface area contributed by atoms with E-state index in [4.69, 9.17) is 5.11 Å². The van der Waals surface area contributed by atoms with Crippen molar-refractivity contribution in [3.8, 4) is 0 Å². The average molecular weight is 238 g/mol. The van der Waals surface area contributed by atoms with Gasteiger partial charge in [0.15, 0.2) is 0 Å². The summed E-state index contributed by atoms with van der Waals surface area (Å²) in [5.74, 6) is -2.74. The molecule has 15 heavy (non-hydrogen) atoms. The van der Waals surface area contributed by atoms with Crippen LogP contribution in [0.3, 0.4) is 0 Å². The van der Waals surface area contributed by atoms with Crippen molar-refractivity contribution < 1.29 is 23.1 Å². The fraction of sp³-hybridized carbons (Fsp3) is 0.200. The Kier molecular flexibility index (Phi) is 1.89. The first kappa shape index (κ1) is 9.83. The van der Waals surface area contributed by atoms with Crippen molar-refractivity contribution in [1.29, 1.82) is 0 Å². The number of aromatic nitrogens is 4. The molecular formula is C5HF3N4O2S. The molecule has 0 saturated carbocycles. The summed E-state index contributed by atoms with van der Waals surface area (Å²) in [5, 5.41) is 17.3. The second kappa shape index (κ2) is 2.89. The summed E-state index contributed by atoms with van der Waals surface area (Å²) in [6.45, 7) is 0. The van der Waals surface area contributed by atoms with E-state index in [9.17, 15) is 18.0 Å². The number of hydrogen-bond donors (Lipinski definition) is 1. The molecule has 0 aromatic carbocycles. The first-order valence-corrected chi connectivity index (χ1v) is 4.24. The number of aromatic carboxylic acids is 1. The zero-order valence-corrected chi connectivity index (χ0v) is 7.50. The van der Waals surface area contributed by atoms with E-state index in [0.717, 1.165) is 0 Å². The Morgan fingerprint density at radius 2 is 2.07 bits per heavy atom. The Morgan fingerprint density at radius 1 is 1.40 bits per heavy atom. The molecule has 0 unspecified atom stereocenters. The van der Waals surface area contributed by atoms with E-state index in [2.05, 4.69) is 15.3 Å². The van der Waals surface area contributed by atoms with Gasteiger partial charge in [-0.25, -0.2) is 4.79 Å². The lowest BCUT2D eigenvalue weighted by molar-refractivity contribution is -0.146. The number of rotatable bonds is 1. The fourth-order valence-electron chi connectivity index (χ4n) is 0.880. The highest BCUT2D eigenvalue weighted by Gasteiger charge is 2.38. The smallest absolute Gasteiger partial charge is 0.453 e. The molecule has 0 fully saturated rings. The molecule has 0 radical (unpaired) electrons. The second-order valence-electron chi connectivity index (χ2n) is 2.43. The molecule has 0 saturated heterocycles. The largest absolute Gasteiger partial charge is 0.476 e. The van der Waals surface area contributed by atoms with E-state index >= 15 is 0 Å². The Hall–Kier alpha value is -1.71. The highest BCUT2D eigenvalue weighted by molar-refractivity contribution is 7.18. The fourth-order valence-corrected chi connectivity index (χ4v) is 1.56. The zero-order chi connectivity index (χ0) is 11.2. The van der Waals surface area contributed by atoms with E-state index in [1.54, 1.807) is 0 Å². The molecule has 0 bridgehead atoms. The molecule has 0 spiro atoms. The van der Waals surface area contributed by atoms with Crippen LogP contribution in [0.1, 0.15) is 15.6 Å². The minimum atomic E-state index is -4.71. The van der Waals surface area contributed by atoms with Gasteiger partial charge in [-0.15, -0.1) is 15.3 Å². The molecule has 0 amide bonds. The maximum atomic E-state index is 12.3. The summed E-state index contributed by atoms with van der Waals surface area (Å²) in [6.07, 6.45) is -4.71. The van der Waals surface area contributed by atoms with E-state index in [1.165, 1.54) is 0 Å². The van der Waals surface area contributed by atoms with Crippen molar-refractivity contribution in [2.24, 2.45) is 0 Å². The van der Waals surface area contributed by atoms with Gasteiger partial charge in [0, 0.05) is 0 Å². The van der Waals surface area contributed by atoms with Crippen LogP contribution in [-0.2, 0) is 6.18 Å². The molecule has 0 aliphatic rings. The minimum absolute atomic E-state index is 0.209. The number of nitrogens with zero attached hydrogens (tertiary/aromatic N) is 4. The topological polar surface area (TPSA) is 80.4 Å². The van der Waals surface area contributed by atoms with Crippen molar-refractivity contribution >= 4 is 22.3 Å². The van der Waals surface area contributed by atoms with Crippen molar-refractivity contribution in [2.45, 2.75) is 6.18 Å². The number of fused-ring (bicyclic) bond motifs is 1. The molecule has 1 N–H and O–H groups in total. The van der Waals surface area contributed by atoms with Gasteiger partial charge in [-0.2, -0.15) is 17.7 Å². The number of carboxylic acids is 1. The van der Waals surface area contributed by atoms with Crippen LogP contribution in [-0.4, -0.2) is 30.9 Å². The van der Waals surface area contributed by atoms with Crippen molar-refractivity contribution in [2.75, 3.05) is 0 Å². The van der Waals surface area contributed by atoms with Crippen LogP contribution in [0.25, 0.3) is 4.96 Å². The zero-order valence-electron chi connectivity index (χ0n) is 6.69. The van der Waals surface area contributed by atoms with E-state index in [1.807, 2.05) is 0 Å². The number of hydrogen-bond acceptors (Lipinski definition) is 5. The molecule has 2 heterocycles. The van der Waals surface area contributed by atoms with Crippen LogP contribution < -0.4 is 0 Å². The summed E-state index contributed by atoms with van der Waals surface area (Å²) in [7, 11) is 0. The first-order valence-electron chi connectivity index (χ1n) is 3.42. The van der Waals surface area contributed by atoms with Gasteiger partial charge >= 0.3 is 12.1 Å². The third-order valence-corrected chi connectivity index (χ3v) is 2.31. The molecule has 6 nitrogen and oxygen atoms in total. The molecule has 80 valence electrons. The van der Waals surface area contributed by atoms with Crippen LogP contribution in [0.15, 0.2) is 0 Å². The average Bonchev–Trinajstić information content (AvgIpc) is 2.56. The Morgan fingerprint density at radius 3 is 2.60 bits per heavy atom. The molecule has 2 rings (SSSR count). The van der Waals surface area contributed by atoms with Gasteiger partial charge in [0.1, 0.15) is 0 Å². The van der Waals surface area contributed by atoms with Crippen molar-refractivity contribution in [3.05, 3.63) is 10.8 Å². The molecular weight excluding hydrogens is 237 g/mol. The van der Waals surface area contributed by atoms with Gasteiger partial charge in [-0.3, -0.25) is 0 Å². The van der Waals surface area contributed by atoms with Crippen molar-refractivity contribution in [3.63, 3.8) is 0 Å². The van der Waals surface area contributed by atoms with Gasteiger partial charge in [0.2, 0.25) is 9.97 Å². The summed E-state index contributed by atoms with van der Waals surface area (Å²) < 4.78 is 37.1. The highest BCUT2D eigenvalue weighted by Crippen LogP contribution is 2.28. The SMILES string of the molecule is O=C(O)c1nn2c(C(F)(F)F)nnc2s1. The predicted molar refractivity (Wildman–Crippen MR) is 40.6 cm³/mol. The lowest BCUT2D eigenvalue weighted by Gasteiger charge is -1.99. The number of carboxylic acid groups (broad SMARTS) is 1. The van der Waals surface area contributed by atoms with Crippen LogP contribution in [0, 0.1) is 0 Å². The van der Waals surface area contributed by atoms with Crippen molar-refractivity contribution in [1.82, 2.24) is 19.8 Å². The number of carbonyl (C=O) groups is 1. The van der Waals surface area contributed by atoms with Gasteiger partial charge in [-0.05, 0) is 0 Å². The van der Waals surface area contributed by atoms with E-state index < -0.39 is 23.0 Å². The number of alkyl halides is 3. The molecule has 0 aliphatic heterocycles. The van der Waals surface area contributed by atoms with Crippen LogP contribution in [0.4, 0.5) is 13.2 Å². The van der Waals surface area contributed by atoms with Crippen LogP contribution >= 0.6 is 11.3 Å². The predicted octanol–water partition coefficient (Wildman–Crippen LogP) is 0.903. The van der Waals surface area contributed by atoms with Gasteiger partial charge in [0.05, 0.1) is 0 Å². The lowest BCUT2D eigenvalue weighted by Crippen LogP contribution is -2.12. The quantitative estimate of drug-likeness (QED) is 0.798. The maximum absolute atomic E-state index is 12.3. The third kappa shape index (κ3) is 1.52. The molecule has 2 aromatic rings. The lowest BCUT2D eigenvalue weighted by atomic mass is 10.6. The Bertz CT molecular complexity index is 530. The molecule has 2 aromatic heterocycles. The summed E-state index contributed by atoms with van der Waals surface area (Å²) >= 11 is 0.521. The second-order valence-corrected chi connectivity index (χ2v) is 3.38. The van der Waals surface area contributed by atoms with Gasteiger partial charge in [0.25, 0.3) is 5.82 Å². The standard InChI is InChI=1S/C5HF3N4O2S/c6-5(7,8)3-9-10-4-12(3)11-1(15-4)2(13)14/h(H,13,14). The monoisotopic (exact) mass is 238 g/mol. The van der Waals surface area contributed by atoms with E-state index in [-0.39, 0.29) is 4.96 Å². The Balaban J connectivity index is 2.64. The molecule has 0 atom stereocenters. The highest BCUT2D eigenvalue weighted by atomic mass is 32.1. The Labute approximate surface area is 83.0 Å². The van der Waals surface area contributed by atoms with Gasteiger partial charge in [-0.1, -0.05) is 11.3 Å². The maximum Gasteiger partial charge on any atom is 0.453 e. The summed E-state index contributed by atoms with van der Waals surface area (Å²) in [5.41, 5.74) is 0. The van der Waals surface area contributed by atoms with Gasteiger partial charge < -0.3 is 5.11 Å². The van der Waals surface area contributed by atoms with Crippen LogP contribution in [0.2, 0.25) is 0 Å². The van der Waals surface area contributed by atoms with E-state index in [0.29, 0.717) is 15.9 Å². The summed E-state index contributed by atoms with van der Waals surface area (Å²) in [4.78, 5) is 10.2. The minimum Gasteiger partial charge on any atom is -0.476 e. The summed E-state index contributed by atoms with van der Waals surface area (Å²) in [6, 6.07) is 0. The third-order valence-electron chi connectivity index (χ3n) is 1.43. The van der Waals surface area contributed by atoms with Crippen LogP contribution in [0.5, 0.6) is 0 Å². The molecule has 10 heteroatoms. The number of halogens is 3. The normalized spacial score (nSPS) is 12.2. The molecule has 0 aliphatic carbocycles. The first-order chi connectivity index (χ1) is 6.89.